The average molecular weight is 441 g/mol. The molecule has 0 saturated heterocycles. The van der Waals surface area contributed by atoms with Crippen LogP contribution in [0.5, 0.6) is 0 Å². The van der Waals surface area contributed by atoms with Gasteiger partial charge in [-0.3, -0.25) is 14.4 Å². The van der Waals surface area contributed by atoms with Crippen LogP contribution in [0.15, 0.2) is 48.5 Å². The highest BCUT2D eigenvalue weighted by Gasteiger charge is 2.07. The molecule has 0 saturated carbocycles. The standard InChI is InChI=1S/C24H32N4O4/c1-28(2)23(30)14-7-18-5-10-21(11-6-18)27-22(29)17-26-20-12-8-19(9-13-20)24(31)25-15-4-16-32-3/h5-6,8-13,26H,4,7,14-17H2,1-3H3,(H,25,31)(H,27,29). The zero-order valence-corrected chi connectivity index (χ0v) is 18.9. The first kappa shape index (κ1) is 24.9. The summed E-state index contributed by atoms with van der Waals surface area (Å²) in [6, 6.07) is 14.4. The van der Waals surface area contributed by atoms with E-state index in [1.165, 1.54) is 0 Å². The number of methoxy groups -OCH3 is 1. The number of benzene rings is 2. The van der Waals surface area contributed by atoms with Gasteiger partial charge < -0.3 is 25.6 Å². The van der Waals surface area contributed by atoms with E-state index in [9.17, 15) is 14.4 Å². The van der Waals surface area contributed by atoms with Gasteiger partial charge in [0.25, 0.3) is 5.91 Å². The quantitative estimate of drug-likeness (QED) is 0.441. The number of carbonyl (C=O) groups is 3. The van der Waals surface area contributed by atoms with Crippen molar-refractivity contribution in [1.29, 1.82) is 0 Å². The Morgan fingerprint density at radius 2 is 1.59 bits per heavy atom. The smallest absolute Gasteiger partial charge is 0.251 e. The fraction of sp³-hybridized carbons (Fsp3) is 0.375. The zero-order valence-electron chi connectivity index (χ0n) is 18.9. The number of anilines is 2. The Hall–Kier alpha value is -3.39. The van der Waals surface area contributed by atoms with Gasteiger partial charge in [-0.05, 0) is 54.8 Å². The summed E-state index contributed by atoms with van der Waals surface area (Å²) in [5.41, 5.74) is 3.04. The number of nitrogens with zero attached hydrogens (tertiary/aromatic N) is 1. The number of aryl methyl sites for hydroxylation is 1. The number of hydrogen-bond acceptors (Lipinski definition) is 5. The molecule has 0 heterocycles. The fourth-order valence-corrected chi connectivity index (χ4v) is 2.88. The molecule has 3 N–H and O–H groups in total. The van der Waals surface area contributed by atoms with Crippen LogP contribution in [0.25, 0.3) is 0 Å². The molecule has 0 bridgehead atoms. The molecule has 172 valence electrons. The van der Waals surface area contributed by atoms with Crippen molar-refractivity contribution in [1.82, 2.24) is 10.2 Å². The number of carbonyl (C=O) groups excluding carboxylic acids is 3. The van der Waals surface area contributed by atoms with E-state index in [-0.39, 0.29) is 24.3 Å². The van der Waals surface area contributed by atoms with Crippen molar-refractivity contribution in [2.24, 2.45) is 0 Å². The molecule has 0 unspecified atom stereocenters. The van der Waals surface area contributed by atoms with E-state index >= 15 is 0 Å². The zero-order chi connectivity index (χ0) is 23.3. The molecule has 2 aromatic rings. The van der Waals surface area contributed by atoms with E-state index in [1.807, 2.05) is 24.3 Å². The third-order valence-corrected chi connectivity index (χ3v) is 4.77. The molecule has 8 heteroatoms. The summed E-state index contributed by atoms with van der Waals surface area (Å²) in [7, 11) is 5.11. The first-order valence-electron chi connectivity index (χ1n) is 10.6. The summed E-state index contributed by atoms with van der Waals surface area (Å²) in [4.78, 5) is 37.5. The summed E-state index contributed by atoms with van der Waals surface area (Å²) in [6.45, 7) is 1.26. The van der Waals surface area contributed by atoms with Gasteiger partial charge in [0, 0.05) is 57.7 Å². The SMILES string of the molecule is COCCCNC(=O)c1ccc(NCC(=O)Nc2ccc(CCC(=O)N(C)C)cc2)cc1. The highest BCUT2D eigenvalue weighted by atomic mass is 16.5. The van der Waals surface area contributed by atoms with Crippen LogP contribution < -0.4 is 16.0 Å². The second-order valence-corrected chi connectivity index (χ2v) is 7.57. The number of nitrogens with one attached hydrogen (secondary N) is 3. The Kier molecular flexibility index (Phi) is 10.2. The average Bonchev–Trinajstić information content (AvgIpc) is 2.80. The van der Waals surface area contributed by atoms with Gasteiger partial charge in [0.05, 0.1) is 6.54 Å². The number of amides is 3. The van der Waals surface area contributed by atoms with E-state index in [0.29, 0.717) is 37.2 Å². The third-order valence-electron chi connectivity index (χ3n) is 4.77. The van der Waals surface area contributed by atoms with Gasteiger partial charge >= 0.3 is 0 Å². The molecule has 3 amide bonds. The lowest BCUT2D eigenvalue weighted by Crippen LogP contribution is -2.25. The van der Waals surface area contributed by atoms with E-state index in [0.717, 1.165) is 17.7 Å². The molecule has 2 rings (SSSR count). The van der Waals surface area contributed by atoms with E-state index in [1.54, 1.807) is 50.4 Å². The van der Waals surface area contributed by atoms with Crippen LogP contribution in [0, 0.1) is 0 Å². The fourth-order valence-electron chi connectivity index (χ4n) is 2.88. The minimum absolute atomic E-state index is 0.0872. The van der Waals surface area contributed by atoms with Gasteiger partial charge in [0.1, 0.15) is 0 Å². The monoisotopic (exact) mass is 440 g/mol. The maximum absolute atomic E-state index is 12.2. The lowest BCUT2D eigenvalue weighted by atomic mass is 10.1. The molecular weight excluding hydrogens is 408 g/mol. The van der Waals surface area contributed by atoms with Crippen molar-refractivity contribution >= 4 is 29.1 Å². The van der Waals surface area contributed by atoms with Gasteiger partial charge in [-0.25, -0.2) is 0 Å². The Bertz CT molecular complexity index is 880. The molecule has 0 aliphatic rings. The summed E-state index contributed by atoms with van der Waals surface area (Å²) in [5, 5.41) is 8.71. The van der Waals surface area contributed by atoms with E-state index in [2.05, 4.69) is 16.0 Å². The van der Waals surface area contributed by atoms with Crippen molar-refractivity contribution in [3.8, 4) is 0 Å². The van der Waals surface area contributed by atoms with Gasteiger partial charge in [-0.1, -0.05) is 12.1 Å². The maximum atomic E-state index is 12.2. The van der Waals surface area contributed by atoms with E-state index < -0.39 is 0 Å². The predicted octanol–water partition coefficient (Wildman–Crippen LogP) is 2.52. The Morgan fingerprint density at radius 1 is 0.938 bits per heavy atom. The second kappa shape index (κ2) is 13.1. The minimum Gasteiger partial charge on any atom is -0.385 e. The van der Waals surface area contributed by atoms with Gasteiger partial charge in [0.2, 0.25) is 11.8 Å². The summed E-state index contributed by atoms with van der Waals surface area (Å²) < 4.78 is 4.95. The largest absolute Gasteiger partial charge is 0.385 e. The number of rotatable bonds is 12. The van der Waals surface area contributed by atoms with Crippen LogP contribution in [-0.2, 0) is 20.7 Å². The molecular formula is C24H32N4O4. The van der Waals surface area contributed by atoms with Crippen molar-refractivity contribution in [3.05, 3.63) is 59.7 Å². The first-order valence-corrected chi connectivity index (χ1v) is 10.6. The lowest BCUT2D eigenvalue weighted by molar-refractivity contribution is -0.128. The highest BCUT2D eigenvalue weighted by molar-refractivity contribution is 5.95. The third kappa shape index (κ3) is 8.77. The number of hydrogen-bond donors (Lipinski definition) is 3. The maximum Gasteiger partial charge on any atom is 0.251 e. The normalized spacial score (nSPS) is 10.3. The molecule has 0 atom stereocenters. The Balaban J connectivity index is 1.74. The highest BCUT2D eigenvalue weighted by Crippen LogP contribution is 2.12. The molecule has 0 aliphatic carbocycles. The van der Waals surface area contributed by atoms with Gasteiger partial charge in [0.15, 0.2) is 0 Å². The van der Waals surface area contributed by atoms with Crippen LogP contribution in [-0.4, -0.2) is 63.5 Å². The van der Waals surface area contributed by atoms with Crippen molar-refractivity contribution in [2.45, 2.75) is 19.3 Å². The molecule has 8 nitrogen and oxygen atoms in total. The summed E-state index contributed by atoms with van der Waals surface area (Å²) in [6.07, 6.45) is 1.88. The molecule has 2 aromatic carbocycles. The second-order valence-electron chi connectivity index (χ2n) is 7.57. The summed E-state index contributed by atoms with van der Waals surface area (Å²) >= 11 is 0. The molecule has 0 aliphatic heterocycles. The number of ether oxygens (including phenoxy) is 1. The molecule has 0 fully saturated rings. The summed E-state index contributed by atoms with van der Waals surface area (Å²) in [5.74, 6) is -0.232. The van der Waals surface area contributed by atoms with Gasteiger partial charge in [-0.15, -0.1) is 0 Å². The minimum atomic E-state index is -0.180. The van der Waals surface area contributed by atoms with Crippen LogP contribution in [0.4, 0.5) is 11.4 Å². The van der Waals surface area contributed by atoms with Crippen LogP contribution in [0.2, 0.25) is 0 Å². The molecule has 0 aromatic heterocycles. The van der Waals surface area contributed by atoms with Crippen molar-refractivity contribution in [2.75, 3.05) is 51.5 Å². The lowest BCUT2D eigenvalue weighted by Gasteiger charge is -2.11. The molecule has 0 spiro atoms. The van der Waals surface area contributed by atoms with Crippen LogP contribution in [0.3, 0.4) is 0 Å². The van der Waals surface area contributed by atoms with Crippen molar-refractivity contribution in [3.63, 3.8) is 0 Å². The van der Waals surface area contributed by atoms with Crippen LogP contribution >= 0.6 is 0 Å². The first-order chi connectivity index (χ1) is 15.4. The molecule has 32 heavy (non-hydrogen) atoms. The predicted molar refractivity (Wildman–Crippen MR) is 126 cm³/mol. The van der Waals surface area contributed by atoms with E-state index in [4.69, 9.17) is 4.74 Å². The Labute approximate surface area is 189 Å². The topological polar surface area (TPSA) is 99.8 Å². The van der Waals surface area contributed by atoms with Crippen molar-refractivity contribution < 1.29 is 19.1 Å². The molecule has 0 radical (unpaired) electrons. The van der Waals surface area contributed by atoms with Crippen LogP contribution in [0.1, 0.15) is 28.8 Å². The Morgan fingerprint density at radius 3 is 2.22 bits per heavy atom. The van der Waals surface area contributed by atoms with Gasteiger partial charge in [-0.2, -0.15) is 0 Å².